The van der Waals surface area contributed by atoms with Crippen molar-refractivity contribution < 1.29 is 12.8 Å². The lowest BCUT2D eigenvalue weighted by Crippen LogP contribution is -2.24. The molecule has 16 heavy (non-hydrogen) atoms. The normalized spacial score (nSPS) is 11.4. The molecule has 0 heterocycles. The first kappa shape index (κ1) is 12.9. The maximum Gasteiger partial charge on any atom is 0.234 e. The zero-order valence-electron chi connectivity index (χ0n) is 9.25. The van der Waals surface area contributed by atoms with Gasteiger partial charge in [-0.2, -0.15) is 0 Å². The number of halogens is 1. The Morgan fingerprint density at radius 3 is 2.62 bits per heavy atom. The van der Waals surface area contributed by atoms with Crippen molar-refractivity contribution in [3.05, 3.63) is 29.6 Å². The highest BCUT2D eigenvalue weighted by Crippen LogP contribution is 2.16. The fourth-order valence-electron chi connectivity index (χ4n) is 1.16. The highest BCUT2D eigenvalue weighted by molar-refractivity contribution is 7.92. The third-order valence-corrected chi connectivity index (χ3v) is 3.28. The first-order chi connectivity index (χ1) is 7.44. The van der Waals surface area contributed by atoms with Crippen LogP contribution in [0.3, 0.4) is 0 Å². The molecule has 0 atom stereocenters. The fraction of sp³-hybridized carbons (Fsp3) is 0.400. The number of hydrogen-bond acceptors (Lipinski definition) is 3. The van der Waals surface area contributed by atoms with Crippen molar-refractivity contribution in [1.29, 1.82) is 0 Å². The number of benzene rings is 1. The minimum absolute atomic E-state index is 0.0123. The van der Waals surface area contributed by atoms with Crippen LogP contribution >= 0.6 is 0 Å². The summed E-state index contributed by atoms with van der Waals surface area (Å²) in [5.74, 6) is -0.648. The molecule has 1 rings (SSSR count). The molecule has 0 aliphatic rings. The van der Waals surface area contributed by atoms with Gasteiger partial charge in [-0.3, -0.25) is 4.72 Å². The highest BCUT2D eigenvalue weighted by Gasteiger charge is 2.12. The summed E-state index contributed by atoms with van der Waals surface area (Å²) in [5.41, 5.74) is 0.734. The van der Waals surface area contributed by atoms with E-state index in [9.17, 15) is 12.8 Å². The van der Waals surface area contributed by atoms with Gasteiger partial charge in [0.1, 0.15) is 5.82 Å². The average molecular weight is 246 g/mol. The number of rotatable bonds is 5. The predicted octanol–water partition coefficient (Wildman–Crippen LogP) is 1.10. The van der Waals surface area contributed by atoms with Crippen LogP contribution < -0.4 is 10.0 Å². The summed E-state index contributed by atoms with van der Waals surface area (Å²) in [6.45, 7) is 2.06. The molecular weight excluding hydrogens is 231 g/mol. The van der Waals surface area contributed by atoms with E-state index in [0.717, 1.165) is 5.56 Å². The average Bonchev–Trinajstić information content (AvgIpc) is 2.19. The largest absolute Gasteiger partial charge is 0.319 e. The van der Waals surface area contributed by atoms with Crippen LogP contribution in [0.2, 0.25) is 0 Å². The Hall–Kier alpha value is -1.14. The lowest BCUT2D eigenvalue weighted by Gasteiger charge is -2.08. The van der Waals surface area contributed by atoms with Crippen molar-refractivity contribution >= 4 is 15.7 Å². The maximum absolute atomic E-state index is 13.4. The van der Waals surface area contributed by atoms with E-state index in [1.807, 2.05) is 0 Å². The zero-order valence-corrected chi connectivity index (χ0v) is 10.1. The summed E-state index contributed by atoms with van der Waals surface area (Å²) in [4.78, 5) is 0. The number of hydrogen-bond donors (Lipinski definition) is 2. The van der Waals surface area contributed by atoms with Gasteiger partial charge in [-0.1, -0.05) is 6.07 Å². The molecule has 2 N–H and O–H groups in total. The minimum Gasteiger partial charge on any atom is -0.319 e. The molecule has 0 amide bonds. The van der Waals surface area contributed by atoms with E-state index < -0.39 is 15.8 Å². The van der Waals surface area contributed by atoms with E-state index in [-0.39, 0.29) is 11.4 Å². The molecule has 0 bridgehead atoms. The summed E-state index contributed by atoms with van der Waals surface area (Å²) in [6, 6.07) is 4.36. The molecule has 90 valence electrons. The zero-order chi connectivity index (χ0) is 12.2. The van der Waals surface area contributed by atoms with Gasteiger partial charge in [0.2, 0.25) is 10.0 Å². The second-order valence-corrected chi connectivity index (χ2v) is 5.35. The van der Waals surface area contributed by atoms with Crippen LogP contribution in [0.5, 0.6) is 0 Å². The SMILES string of the molecule is CNCCS(=O)(=O)Nc1ccc(C)cc1F. The summed E-state index contributed by atoms with van der Waals surface area (Å²) < 4.78 is 38.5. The van der Waals surface area contributed by atoms with Gasteiger partial charge < -0.3 is 5.32 Å². The number of anilines is 1. The molecule has 6 heteroatoms. The molecule has 1 aromatic rings. The summed E-state index contributed by atoms with van der Waals surface area (Å²) >= 11 is 0. The van der Waals surface area contributed by atoms with Crippen molar-refractivity contribution in [2.24, 2.45) is 0 Å². The number of aryl methyl sites for hydroxylation is 1. The lowest BCUT2D eigenvalue weighted by atomic mass is 10.2. The van der Waals surface area contributed by atoms with Gasteiger partial charge in [0.15, 0.2) is 0 Å². The molecule has 0 aromatic heterocycles. The summed E-state index contributed by atoms with van der Waals surface area (Å²) in [6.07, 6.45) is 0. The first-order valence-electron chi connectivity index (χ1n) is 4.86. The molecule has 0 aliphatic heterocycles. The topological polar surface area (TPSA) is 58.2 Å². The molecule has 4 nitrogen and oxygen atoms in total. The third kappa shape index (κ3) is 3.79. The first-order valence-corrected chi connectivity index (χ1v) is 6.51. The smallest absolute Gasteiger partial charge is 0.234 e. The van der Waals surface area contributed by atoms with Crippen LogP contribution in [-0.2, 0) is 10.0 Å². The van der Waals surface area contributed by atoms with Crippen molar-refractivity contribution in [3.63, 3.8) is 0 Å². The van der Waals surface area contributed by atoms with E-state index >= 15 is 0 Å². The molecule has 0 fully saturated rings. The second-order valence-electron chi connectivity index (χ2n) is 3.51. The van der Waals surface area contributed by atoms with Gasteiger partial charge in [0, 0.05) is 6.54 Å². The Kier molecular flexibility index (Phi) is 4.26. The number of nitrogens with one attached hydrogen (secondary N) is 2. The molecule has 0 aliphatic carbocycles. The van der Waals surface area contributed by atoms with Crippen LogP contribution in [0.4, 0.5) is 10.1 Å². The maximum atomic E-state index is 13.4. The molecule has 0 saturated heterocycles. The van der Waals surface area contributed by atoms with Crippen LogP contribution in [0.15, 0.2) is 18.2 Å². The quantitative estimate of drug-likeness (QED) is 0.818. The van der Waals surface area contributed by atoms with Gasteiger partial charge in [0.25, 0.3) is 0 Å². The highest BCUT2D eigenvalue weighted by atomic mass is 32.2. The lowest BCUT2D eigenvalue weighted by molar-refractivity contribution is 0.596. The molecule has 0 radical (unpaired) electrons. The van der Waals surface area contributed by atoms with Gasteiger partial charge in [0.05, 0.1) is 11.4 Å². The Morgan fingerprint density at radius 1 is 1.38 bits per heavy atom. The van der Waals surface area contributed by atoms with Crippen LogP contribution in [0.25, 0.3) is 0 Å². The fourth-order valence-corrected chi connectivity index (χ4v) is 2.23. The minimum atomic E-state index is -3.48. The monoisotopic (exact) mass is 246 g/mol. The van der Waals surface area contributed by atoms with Gasteiger partial charge in [-0.25, -0.2) is 12.8 Å². The number of sulfonamides is 1. The molecule has 0 saturated carbocycles. The van der Waals surface area contributed by atoms with E-state index in [4.69, 9.17) is 0 Å². The molecule has 0 spiro atoms. The predicted molar refractivity (Wildman–Crippen MR) is 62.5 cm³/mol. The third-order valence-electron chi connectivity index (χ3n) is 2.01. The van der Waals surface area contributed by atoms with Crippen molar-refractivity contribution in [3.8, 4) is 0 Å². The Balaban J connectivity index is 2.80. The van der Waals surface area contributed by atoms with Gasteiger partial charge >= 0.3 is 0 Å². The molecular formula is C10H15FN2O2S. The van der Waals surface area contributed by atoms with Crippen LogP contribution in [-0.4, -0.2) is 27.8 Å². The van der Waals surface area contributed by atoms with E-state index in [1.165, 1.54) is 12.1 Å². The molecule has 1 aromatic carbocycles. The van der Waals surface area contributed by atoms with Crippen LogP contribution in [0, 0.1) is 12.7 Å². The Morgan fingerprint density at radius 2 is 2.06 bits per heavy atom. The van der Waals surface area contributed by atoms with E-state index in [1.54, 1.807) is 20.0 Å². The Labute approximate surface area is 94.9 Å². The Bertz CT molecular complexity index is 460. The van der Waals surface area contributed by atoms with Gasteiger partial charge in [-0.05, 0) is 31.7 Å². The van der Waals surface area contributed by atoms with Crippen molar-refractivity contribution in [2.75, 3.05) is 24.1 Å². The summed E-state index contributed by atoms with van der Waals surface area (Å²) in [7, 11) is -1.83. The van der Waals surface area contributed by atoms with Gasteiger partial charge in [-0.15, -0.1) is 0 Å². The summed E-state index contributed by atoms with van der Waals surface area (Å²) in [5, 5.41) is 2.72. The standard InChI is InChI=1S/C10H15FN2O2S/c1-8-3-4-10(9(11)7-8)13-16(14,15)6-5-12-2/h3-4,7,12-13H,5-6H2,1-2H3. The van der Waals surface area contributed by atoms with E-state index in [2.05, 4.69) is 10.0 Å². The molecule has 0 unspecified atom stereocenters. The second kappa shape index (κ2) is 5.27. The van der Waals surface area contributed by atoms with Crippen molar-refractivity contribution in [1.82, 2.24) is 5.32 Å². The van der Waals surface area contributed by atoms with Crippen LogP contribution in [0.1, 0.15) is 5.56 Å². The van der Waals surface area contributed by atoms with Crippen molar-refractivity contribution in [2.45, 2.75) is 6.92 Å². The van der Waals surface area contributed by atoms with E-state index in [0.29, 0.717) is 6.54 Å².